The Morgan fingerprint density at radius 3 is 2.08 bits per heavy atom. The highest BCUT2D eigenvalue weighted by molar-refractivity contribution is 5.62. The van der Waals surface area contributed by atoms with Gasteiger partial charge in [-0.05, 0) is 42.0 Å². The van der Waals surface area contributed by atoms with Crippen LogP contribution in [0.1, 0.15) is 0 Å². The van der Waals surface area contributed by atoms with Crippen molar-refractivity contribution in [3.63, 3.8) is 0 Å². The molecule has 0 N–H and O–H groups in total. The third-order valence-electron chi connectivity index (χ3n) is 3.64. The lowest BCUT2D eigenvalue weighted by Crippen LogP contribution is -2.03. The van der Waals surface area contributed by atoms with E-state index in [0.717, 1.165) is 34.9 Å². The summed E-state index contributed by atoms with van der Waals surface area (Å²) in [4.78, 5) is 0. The van der Waals surface area contributed by atoms with Crippen molar-refractivity contribution in [1.82, 2.24) is 9.78 Å². The van der Waals surface area contributed by atoms with E-state index in [1.165, 1.54) is 0 Å². The maximum absolute atomic E-state index is 5.83. The summed E-state index contributed by atoms with van der Waals surface area (Å²) in [5.74, 6) is 2.37. The van der Waals surface area contributed by atoms with Gasteiger partial charge in [-0.2, -0.15) is 5.10 Å². The third-order valence-corrected chi connectivity index (χ3v) is 3.64. The van der Waals surface area contributed by atoms with Crippen LogP contribution in [-0.2, 0) is 11.3 Å². The zero-order valence-corrected chi connectivity index (χ0v) is 13.8. The Labute approximate surface area is 141 Å². The zero-order chi connectivity index (χ0) is 16.8. The van der Waals surface area contributed by atoms with Crippen molar-refractivity contribution >= 4 is 0 Å². The van der Waals surface area contributed by atoms with Crippen molar-refractivity contribution in [3.05, 3.63) is 60.9 Å². The lowest BCUT2D eigenvalue weighted by Gasteiger charge is -2.07. The molecule has 24 heavy (non-hydrogen) atoms. The van der Waals surface area contributed by atoms with Crippen LogP contribution < -0.4 is 9.47 Å². The van der Waals surface area contributed by atoms with E-state index >= 15 is 0 Å². The van der Waals surface area contributed by atoms with Crippen LogP contribution >= 0.6 is 0 Å². The predicted octanol–water partition coefficient (Wildman–Crippen LogP) is 4.00. The van der Waals surface area contributed by atoms with E-state index in [1.807, 2.05) is 65.6 Å². The maximum atomic E-state index is 5.83. The molecule has 124 valence electrons. The van der Waals surface area contributed by atoms with Gasteiger partial charge in [0, 0.05) is 18.9 Å². The van der Waals surface area contributed by atoms with Gasteiger partial charge in [-0.1, -0.05) is 12.1 Å². The predicted molar refractivity (Wildman–Crippen MR) is 92.6 cm³/mol. The molecule has 5 nitrogen and oxygen atoms in total. The summed E-state index contributed by atoms with van der Waals surface area (Å²) in [6.45, 7) is 1.39. The Bertz CT molecular complexity index is 764. The highest BCUT2D eigenvalue weighted by atomic mass is 16.5. The molecule has 0 amide bonds. The summed E-state index contributed by atoms with van der Waals surface area (Å²) in [5.41, 5.74) is 2.17. The lowest BCUT2D eigenvalue weighted by atomic mass is 10.1. The van der Waals surface area contributed by atoms with Crippen molar-refractivity contribution in [2.75, 3.05) is 20.8 Å². The minimum absolute atomic E-state index is 0.649. The summed E-state index contributed by atoms with van der Waals surface area (Å²) < 4.78 is 17.9. The summed E-state index contributed by atoms with van der Waals surface area (Å²) in [6.07, 6.45) is 3.87. The average molecular weight is 324 g/mol. The minimum Gasteiger partial charge on any atom is -0.497 e. The smallest absolute Gasteiger partial charge is 0.127 e. The number of methoxy groups -OCH3 is 2. The molecule has 0 atom stereocenters. The molecular weight excluding hydrogens is 304 g/mol. The summed E-state index contributed by atoms with van der Waals surface area (Å²) in [7, 11) is 3.33. The fourth-order valence-electron chi connectivity index (χ4n) is 2.32. The minimum atomic E-state index is 0.649. The van der Waals surface area contributed by atoms with Crippen LogP contribution in [0.25, 0.3) is 11.1 Å². The molecule has 0 unspecified atom stereocenters. The first-order valence-corrected chi connectivity index (χ1v) is 7.72. The van der Waals surface area contributed by atoms with Crippen molar-refractivity contribution in [3.8, 4) is 28.4 Å². The van der Waals surface area contributed by atoms with Gasteiger partial charge in [0.1, 0.15) is 17.2 Å². The van der Waals surface area contributed by atoms with Crippen molar-refractivity contribution < 1.29 is 14.2 Å². The summed E-state index contributed by atoms with van der Waals surface area (Å²) in [5, 5.41) is 4.33. The molecule has 0 spiro atoms. The topological polar surface area (TPSA) is 45.5 Å². The Morgan fingerprint density at radius 1 is 0.833 bits per heavy atom. The number of benzene rings is 2. The average Bonchev–Trinajstić information content (AvgIpc) is 3.10. The largest absolute Gasteiger partial charge is 0.497 e. The molecule has 2 aromatic carbocycles. The lowest BCUT2D eigenvalue weighted by molar-refractivity contribution is 0.183. The zero-order valence-electron chi connectivity index (χ0n) is 13.8. The molecule has 0 radical (unpaired) electrons. The van der Waals surface area contributed by atoms with Gasteiger partial charge in [0.25, 0.3) is 0 Å². The van der Waals surface area contributed by atoms with Crippen LogP contribution in [0.4, 0.5) is 0 Å². The number of nitrogens with zero attached hydrogens (tertiary/aromatic N) is 2. The Hall–Kier alpha value is -2.79. The van der Waals surface area contributed by atoms with Gasteiger partial charge in [0.15, 0.2) is 0 Å². The van der Waals surface area contributed by atoms with E-state index in [2.05, 4.69) is 5.10 Å². The molecule has 5 heteroatoms. The van der Waals surface area contributed by atoms with Crippen molar-refractivity contribution in [1.29, 1.82) is 0 Å². The molecule has 1 aromatic heterocycles. The van der Waals surface area contributed by atoms with Crippen molar-refractivity contribution in [2.45, 2.75) is 6.54 Å². The Balaban J connectivity index is 1.67. The molecule has 1 heterocycles. The first-order chi connectivity index (χ1) is 11.8. The molecule has 0 aliphatic carbocycles. The van der Waals surface area contributed by atoms with Gasteiger partial charge < -0.3 is 14.2 Å². The van der Waals surface area contributed by atoms with Crippen LogP contribution in [0.15, 0.2) is 60.9 Å². The fraction of sp³-hybridized carbons (Fsp3) is 0.211. The molecule has 0 saturated heterocycles. The first kappa shape index (κ1) is 16.1. The Morgan fingerprint density at radius 2 is 1.46 bits per heavy atom. The number of rotatable bonds is 7. The van der Waals surface area contributed by atoms with Crippen LogP contribution in [-0.4, -0.2) is 30.6 Å². The summed E-state index contributed by atoms with van der Waals surface area (Å²) >= 11 is 0. The van der Waals surface area contributed by atoms with Crippen molar-refractivity contribution in [2.24, 2.45) is 0 Å². The van der Waals surface area contributed by atoms with E-state index in [9.17, 15) is 0 Å². The molecule has 0 bridgehead atoms. The first-order valence-electron chi connectivity index (χ1n) is 7.72. The number of hydrogen-bond donors (Lipinski definition) is 0. The maximum Gasteiger partial charge on any atom is 0.127 e. The molecular formula is C19H20N2O3. The SMILES string of the molecule is COCCn1cc(-c2ccc(Oc3ccc(OC)cc3)cc2)cn1. The number of aromatic nitrogens is 2. The number of hydrogen-bond acceptors (Lipinski definition) is 4. The standard InChI is InChI=1S/C19H20N2O3/c1-22-12-11-21-14-16(13-20-21)15-3-5-18(6-4-15)24-19-9-7-17(23-2)8-10-19/h3-10,13-14H,11-12H2,1-2H3. The van der Waals surface area contributed by atoms with E-state index in [4.69, 9.17) is 14.2 Å². The van der Waals surface area contributed by atoms with Crippen LogP contribution in [0.5, 0.6) is 17.2 Å². The number of ether oxygens (including phenoxy) is 3. The quantitative estimate of drug-likeness (QED) is 0.659. The Kier molecular flexibility index (Phi) is 5.13. The normalized spacial score (nSPS) is 10.6. The van der Waals surface area contributed by atoms with Crippen LogP contribution in [0.3, 0.4) is 0 Å². The second kappa shape index (κ2) is 7.66. The molecule has 0 saturated carbocycles. The highest BCUT2D eigenvalue weighted by Crippen LogP contribution is 2.26. The third kappa shape index (κ3) is 3.94. The highest BCUT2D eigenvalue weighted by Gasteiger charge is 2.03. The van der Waals surface area contributed by atoms with Gasteiger partial charge in [-0.25, -0.2) is 0 Å². The van der Waals surface area contributed by atoms with Gasteiger partial charge in [-0.3, -0.25) is 4.68 Å². The van der Waals surface area contributed by atoms with E-state index in [0.29, 0.717) is 6.61 Å². The van der Waals surface area contributed by atoms with Crippen LogP contribution in [0.2, 0.25) is 0 Å². The van der Waals surface area contributed by atoms with Crippen LogP contribution in [0, 0.1) is 0 Å². The molecule has 0 fully saturated rings. The van der Waals surface area contributed by atoms with Gasteiger partial charge in [-0.15, -0.1) is 0 Å². The molecule has 0 aliphatic rings. The molecule has 3 rings (SSSR count). The second-order valence-electron chi connectivity index (χ2n) is 5.29. The van der Waals surface area contributed by atoms with Gasteiger partial charge in [0.05, 0.1) is 26.5 Å². The van der Waals surface area contributed by atoms with E-state index in [1.54, 1.807) is 14.2 Å². The fourth-order valence-corrected chi connectivity index (χ4v) is 2.32. The second-order valence-corrected chi connectivity index (χ2v) is 5.29. The molecule has 0 aliphatic heterocycles. The van der Waals surface area contributed by atoms with E-state index in [-0.39, 0.29) is 0 Å². The van der Waals surface area contributed by atoms with Gasteiger partial charge in [0.2, 0.25) is 0 Å². The molecule has 3 aromatic rings. The monoisotopic (exact) mass is 324 g/mol. The van der Waals surface area contributed by atoms with E-state index < -0.39 is 0 Å². The summed E-state index contributed by atoms with van der Waals surface area (Å²) in [6, 6.07) is 15.5. The van der Waals surface area contributed by atoms with Gasteiger partial charge >= 0.3 is 0 Å².